The van der Waals surface area contributed by atoms with Crippen LogP contribution in [0.25, 0.3) is 11.0 Å². The first-order valence-electron chi connectivity index (χ1n) is 8.23. The molecule has 1 amide bonds. The van der Waals surface area contributed by atoms with Crippen LogP contribution in [0.4, 0.5) is 0 Å². The molecule has 0 fully saturated rings. The maximum Gasteiger partial charge on any atom is 0.349 e. The second-order valence-electron chi connectivity index (χ2n) is 6.58. The van der Waals surface area contributed by atoms with Crippen molar-refractivity contribution in [2.45, 2.75) is 53.0 Å². The Balaban J connectivity index is 2.16. The Labute approximate surface area is 136 Å². The lowest BCUT2D eigenvalue weighted by Gasteiger charge is -2.15. The smallest absolute Gasteiger partial charge is 0.349 e. The highest BCUT2D eigenvalue weighted by Crippen LogP contribution is 2.19. The molecule has 0 aliphatic rings. The highest BCUT2D eigenvalue weighted by molar-refractivity contribution is 5.99. The summed E-state index contributed by atoms with van der Waals surface area (Å²) in [6, 6.07) is 7.30. The monoisotopic (exact) mass is 315 g/mol. The molecule has 1 N–H and O–H groups in total. The van der Waals surface area contributed by atoms with Crippen molar-refractivity contribution in [1.82, 2.24) is 5.32 Å². The topological polar surface area (TPSA) is 59.3 Å². The van der Waals surface area contributed by atoms with Gasteiger partial charge in [0.2, 0.25) is 0 Å². The van der Waals surface area contributed by atoms with E-state index in [-0.39, 0.29) is 17.5 Å². The van der Waals surface area contributed by atoms with Gasteiger partial charge in [-0.3, -0.25) is 4.79 Å². The minimum atomic E-state index is -0.576. The van der Waals surface area contributed by atoms with Crippen LogP contribution < -0.4 is 10.9 Å². The second-order valence-corrected chi connectivity index (χ2v) is 6.58. The maximum absolute atomic E-state index is 12.5. The van der Waals surface area contributed by atoms with E-state index in [0.29, 0.717) is 17.1 Å². The molecule has 0 bridgehead atoms. The predicted octanol–water partition coefficient (Wildman–Crippen LogP) is 4.05. The molecule has 1 unspecified atom stereocenters. The number of rotatable bonds is 6. The minimum Gasteiger partial charge on any atom is -0.422 e. The summed E-state index contributed by atoms with van der Waals surface area (Å²) in [4.78, 5) is 24.6. The normalized spacial score (nSPS) is 12.6. The number of carbonyl (C=O) groups is 1. The van der Waals surface area contributed by atoms with E-state index in [9.17, 15) is 9.59 Å². The molecule has 1 atom stereocenters. The van der Waals surface area contributed by atoms with Gasteiger partial charge < -0.3 is 9.73 Å². The Morgan fingerprint density at radius 2 is 1.87 bits per heavy atom. The molecule has 0 saturated carbocycles. The molecule has 2 aromatic rings. The Morgan fingerprint density at radius 3 is 2.57 bits per heavy atom. The molecule has 0 saturated heterocycles. The van der Waals surface area contributed by atoms with Crippen LogP contribution in [0, 0.1) is 12.8 Å². The molecule has 4 heteroatoms. The van der Waals surface area contributed by atoms with Crippen molar-refractivity contribution in [3.05, 3.63) is 45.8 Å². The number of para-hydroxylation sites is 1. The fourth-order valence-electron chi connectivity index (χ4n) is 2.77. The third-order valence-corrected chi connectivity index (χ3v) is 4.10. The number of aryl methyl sites for hydroxylation is 1. The zero-order chi connectivity index (χ0) is 17.0. The average molecular weight is 315 g/mol. The summed E-state index contributed by atoms with van der Waals surface area (Å²) in [7, 11) is 0. The van der Waals surface area contributed by atoms with Gasteiger partial charge in [0.15, 0.2) is 0 Å². The van der Waals surface area contributed by atoms with Crippen molar-refractivity contribution in [2.75, 3.05) is 0 Å². The zero-order valence-electron chi connectivity index (χ0n) is 14.3. The van der Waals surface area contributed by atoms with Gasteiger partial charge in [-0.05, 0) is 37.8 Å². The van der Waals surface area contributed by atoms with Crippen LogP contribution in [0.15, 0.2) is 33.5 Å². The largest absolute Gasteiger partial charge is 0.422 e. The number of hydrogen-bond donors (Lipinski definition) is 1. The molecular weight excluding hydrogens is 290 g/mol. The van der Waals surface area contributed by atoms with Crippen LogP contribution in [-0.4, -0.2) is 11.9 Å². The van der Waals surface area contributed by atoms with Gasteiger partial charge in [0.05, 0.1) is 0 Å². The van der Waals surface area contributed by atoms with Gasteiger partial charge in [-0.15, -0.1) is 0 Å². The van der Waals surface area contributed by atoms with Gasteiger partial charge in [0, 0.05) is 11.4 Å². The number of amides is 1. The number of benzene rings is 1. The van der Waals surface area contributed by atoms with E-state index in [2.05, 4.69) is 19.2 Å². The van der Waals surface area contributed by atoms with E-state index in [0.717, 1.165) is 24.6 Å². The Morgan fingerprint density at radius 1 is 1.17 bits per heavy atom. The zero-order valence-corrected chi connectivity index (χ0v) is 14.3. The standard InChI is InChI=1S/C19H25NO3/c1-12(2)8-7-9-13(3)20-18(21)17-14(4)15-10-5-6-11-16(15)23-19(17)22/h5-6,10-13H,7-9H2,1-4H3,(H,20,21). The summed E-state index contributed by atoms with van der Waals surface area (Å²) in [5.41, 5.74) is 0.716. The fraction of sp³-hybridized carbons (Fsp3) is 0.474. The number of nitrogens with one attached hydrogen (secondary N) is 1. The lowest BCUT2D eigenvalue weighted by atomic mass is 10.0. The van der Waals surface area contributed by atoms with Gasteiger partial charge in [-0.1, -0.05) is 44.9 Å². The van der Waals surface area contributed by atoms with E-state index < -0.39 is 5.63 Å². The molecule has 1 aromatic heterocycles. The predicted molar refractivity (Wildman–Crippen MR) is 92.8 cm³/mol. The van der Waals surface area contributed by atoms with Gasteiger partial charge in [0.25, 0.3) is 5.91 Å². The lowest BCUT2D eigenvalue weighted by Crippen LogP contribution is -2.36. The van der Waals surface area contributed by atoms with E-state index >= 15 is 0 Å². The van der Waals surface area contributed by atoms with Crippen LogP contribution in [0.3, 0.4) is 0 Å². The van der Waals surface area contributed by atoms with Gasteiger partial charge in [-0.2, -0.15) is 0 Å². The summed E-state index contributed by atoms with van der Waals surface area (Å²) in [5, 5.41) is 3.71. The van der Waals surface area contributed by atoms with Crippen LogP contribution >= 0.6 is 0 Å². The first-order chi connectivity index (χ1) is 10.9. The van der Waals surface area contributed by atoms with Crippen molar-refractivity contribution >= 4 is 16.9 Å². The molecule has 4 nitrogen and oxygen atoms in total. The van der Waals surface area contributed by atoms with Gasteiger partial charge in [0.1, 0.15) is 11.1 Å². The molecule has 23 heavy (non-hydrogen) atoms. The number of carbonyl (C=O) groups excluding carboxylic acids is 1. The van der Waals surface area contributed by atoms with Crippen molar-refractivity contribution in [1.29, 1.82) is 0 Å². The third-order valence-electron chi connectivity index (χ3n) is 4.10. The van der Waals surface area contributed by atoms with E-state index in [1.54, 1.807) is 19.1 Å². The summed E-state index contributed by atoms with van der Waals surface area (Å²) < 4.78 is 5.27. The molecule has 0 radical (unpaired) electrons. The van der Waals surface area contributed by atoms with Crippen LogP contribution in [0.2, 0.25) is 0 Å². The Hall–Kier alpha value is -2.10. The first kappa shape index (κ1) is 17.3. The van der Waals surface area contributed by atoms with Crippen LogP contribution in [0.5, 0.6) is 0 Å². The number of fused-ring (bicyclic) bond motifs is 1. The molecule has 1 aromatic carbocycles. The Kier molecular flexibility index (Phi) is 5.59. The SMILES string of the molecule is Cc1c(C(=O)NC(C)CCCC(C)C)c(=O)oc2ccccc12. The van der Waals surface area contributed by atoms with E-state index in [1.165, 1.54) is 0 Å². The van der Waals surface area contributed by atoms with Gasteiger partial charge >= 0.3 is 5.63 Å². The molecule has 124 valence electrons. The highest BCUT2D eigenvalue weighted by atomic mass is 16.4. The maximum atomic E-state index is 12.5. The fourth-order valence-corrected chi connectivity index (χ4v) is 2.77. The van der Waals surface area contributed by atoms with Gasteiger partial charge in [-0.25, -0.2) is 4.79 Å². The lowest BCUT2D eigenvalue weighted by molar-refractivity contribution is 0.0933. The van der Waals surface area contributed by atoms with Crippen LogP contribution in [-0.2, 0) is 0 Å². The quantitative estimate of drug-likeness (QED) is 0.818. The second kappa shape index (κ2) is 7.44. The van der Waals surface area contributed by atoms with E-state index in [1.807, 2.05) is 19.1 Å². The third kappa shape index (κ3) is 4.21. The summed E-state index contributed by atoms with van der Waals surface area (Å²) in [6.45, 7) is 8.13. The summed E-state index contributed by atoms with van der Waals surface area (Å²) in [5.74, 6) is 0.312. The van der Waals surface area contributed by atoms with Crippen LogP contribution in [0.1, 0.15) is 56.0 Å². The van der Waals surface area contributed by atoms with Crippen molar-refractivity contribution < 1.29 is 9.21 Å². The molecule has 0 aliphatic carbocycles. The van der Waals surface area contributed by atoms with E-state index in [4.69, 9.17) is 4.42 Å². The molecule has 2 rings (SSSR count). The molecule has 0 aliphatic heterocycles. The van der Waals surface area contributed by atoms with Crippen molar-refractivity contribution in [3.8, 4) is 0 Å². The first-order valence-corrected chi connectivity index (χ1v) is 8.23. The van der Waals surface area contributed by atoms with Crippen molar-refractivity contribution in [2.24, 2.45) is 5.92 Å². The Bertz CT molecular complexity index is 746. The highest BCUT2D eigenvalue weighted by Gasteiger charge is 2.19. The molecule has 1 heterocycles. The minimum absolute atomic E-state index is 0.0338. The summed E-state index contributed by atoms with van der Waals surface area (Å²) in [6.07, 6.45) is 3.10. The molecular formula is C19H25NO3. The average Bonchev–Trinajstić information content (AvgIpc) is 2.46. The van der Waals surface area contributed by atoms with Crippen molar-refractivity contribution in [3.63, 3.8) is 0 Å². The summed E-state index contributed by atoms with van der Waals surface area (Å²) >= 11 is 0. The molecule has 0 spiro atoms. The number of hydrogen-bond acceptors (Lipinski definition) is 3.